The molecule has 6 aromatic rings. The molecule has 0 aliphatic carbocycles. The average Bonchev–Trinajstić information content (AvgIpc) is 3.20. The van der Waals surface area contributed by atoms with E-state index in [0.29, 0.717) is 0 Å². The Bertz CT molecular complexity index is 2160. The van der Waals surface area contributed by atoms with Crippen molar-refractivity contribution in [2.45, 2.75) is 46.2 Å². The number of hydrogen-bond donors (Lipinski definition) is 1. The van der Waals surface area contributed by atoms with E-state index >= 15 is 0 Å². The van der Waals surface area contributed by atoms with E-state index in [4.69, 9.17) is 0 Å². The lowest BCUT2D eigenvalue weighted by molar-refractivity contribution is 0.496. The summed E-state index contributed by atoms with van der Waals surface area (Å²) in [5.41, 5.74) is 14.9. The third kappa shape index (κ3) is 8.57. The summed E-state index contributed by atoms with van der Waals surface area (Å²) in [6.07, 6.45) is 7.50. The van der Waals surface area contributed by atoms with Crippen LogP contribution in [0.4, 0.5) is 0 Å². The maximum atomic E-state index is 4.11. The fourth-order valence-electron chi connectivity index (χ4n) is 7.11. The van der Waals surface area contributed by atoms with E-state index < -0.39 is 0 Å². The average molecular weight is 676 g/mol. The molecule has 1 nitrogen and oxygen atoms in total. The number of rotatable bonds is 11. The predicted octanol–water partition coefficient (Wildman–Crippen LogP) is 14.3. The van der Waals surface area contributed by atoms with E-state index in [0.717, 1.165) is 6.42 Å². The van der Waals surface area contributed by atoms with E-state index in [1.165, 1.54) is 66.8 Å². The SMILES string of the molecule is C/C=C\C=C(/CC)c1c(-c2ccccc2)cc(-c2ccccc2)c(C(C)N[C@H](C)c2cccccccc(-c3ccccc3)c2)c1-c1ccccc1. The van der Waals surface area contributed by atoms with Crippen LogP contribution in [0.2, 0.25) is 0 Å². The highest BCUT2D eigenvalue weighted by Crippen LogP contribution is 2.47. The van der Waals surface area contributed by atoms with Crippen molar-refractivity contribution in [3.05, 3.63) is 211 Å². The monoisotopic (exact) mass is 675 g/mol. The summed E-state index contributed by atoms with van der Waals surface area (Å²) >= 11 is 0. The molecule has 0 saturated heterocycles. The van der Waals surface area contributed by atoms with Crippen molar-refractivity contribution in [3.8, 4) is 44.5 Å². The highest BCUT2D eigenvalue weighted by atomic mass is 14.9. The molecule has 1 unspecified atom stereocenters. The number of hydrogen-bond acceptors (Lipinski definition) is 1. The molecular weight excluding hydrogens is 627 g/mol. The predicted molar refractivity (Wildman–Crippen MR) is 225 cm³/mol. The molecule has 52 heavy (non-hydrogen) atoms. The van der Waals surface area contributed by atoms with Crippen LogP contribution in [0.25, 0.3) is 50.1 Å². The largest absolute Gasteiger partial charge is 0.304 e. The van der Waals surface area contributed by atoms with Crippen LogP contribution in [-0.2, 0) is 0 Å². The van der Waals surface area contributed by atoms with Crippen molar-refractivity contribution in [3.63, 3.8) is 0 Å². The van der Waals surface area contributed by atoms with Crippen LogP contribution < -0.4 is 5.32 Å². The third-order valence-electron chi connectivity index (χ3n) is 9.66. The molecular formula is C51H49N. The summed E-state index contributed by atoms with van der Waals surface area (Å²) in [5, 5.41) is 4.11. The van der Waals surface area contributed by atoms with E-state index in [9.17, 15) is 0 Å². The molecule has 0 spiro atoms. The van der Waals surface area contributed by atoms with Gasteiger partial charge >= 0.3 is 0 Å². The van der Waals surface area contributed by atoms with Gasteiger partial charge in [-0.25, -0.2) is 0 Å². The van der Waals surface area contributed by atoms with Crippen LogP contribution >= 0.6 is 0 Å². The van der Waals surface area contributed by atoms with Gasteiger partial charge in [-0.05, 0) is 106 Å². The van der Waals surface area contributed by atoms with E-state index in [-0.39, 0.29) is 12.1 Å². The Morgan fingerprint density at radius 2 is 0.981 bits per heavy atom. The molecule has 258 valence electrons. The second kappa shape index (κ2) is 17.9. The lowest BCUT2D eigenvalue weighted by Crippen LogP contribution is -2.24. The Morgan fingerprint density at radius 1 is 0.519 bits per heavy atom. The Morgan fingerprint density at radius 3 is 1.54 bits per heavy atom. The van der Waals surface area contributed by atoms with Gasteiger partial charge in [-0.15, -0.1) is 0 Å². The zero-order valence-electron chi connectivity index (χ0n) is 30.8. The first kappa shape index (κ1) is 36.0. The number of allylic oxidation sites excluding steroid dienone is 4. The van der Waals surface area contributed by atoms with E-state index in [1.807, 2.05) is 0 Å². The topological polar surface area (TPSA) is 12.0 Å². The van der Waals surface area contributed by atoms with Crippen LogP contribution in [0.3, 0.4) is 0 Å². The molecule has 6 aromatic carbocycles. The van der Waals surface area contributed by atoms with Crippen molar-refractivity contribution in [2.75, 3.05) is 0 Å². The maximum Gasteiger partial charge on any atom is 0.0309 e. The molecule has 1 heteroatoms. The van der Waals surface area contributed by atoms with Gasteiger partial charge in [0.05, 0.1) is 0 Å². The van der Waals surface area contributed by atoms with E-state index in [2.05, 4.69) is 227 Å². The minimum atomic E-state index is -0.00638. The molecule has 0 heterocycles. The summed E-state index contributed by atoms with van der Waals surface area (Å²) in [6.45, 7) is 8.98. The first-order valence-electron chi connectivity index (χ1n) is 18.5. The smallest absolute Gasteiger partial charge is 0.0309 e. The maximum absolute atomic E-state index is 4.11. The van der Waals surface area contributed by atoms with Crippen LogP contribution in [0.1, 0.15) is 62.9 Å². The van der Waals surface area contributed by atoms with Gasteiger partial charge in [-0.1, -0.05) is 189 Å². The van der Waals surface area contributed by atoms with Gasteiger partial charge in [0.15, 0.2) is 0 Å². The van der Waals surface area contributed by atoms with Crippen molar-refractivity contribution in [1.29, 1.82) is 0 Å². The van der Waals surface area contributed by atoms with Gasteiger partial charge < -0.3 is 5.32 Å². The Hall–Kier alpha value is -5.76. The van der Waals surface area contributed by atoms with Gasteiger partial charge in [0.1, 0.15) is 0 Å². The fourth-order valence-corrected chi connectivity index (χ4v) is 7.11. The molecule has 0 aliphatic rings. The summed E-state index contributed by atoms with van der Waals surface area (Å²) < 4.78 is 0. The second-order valence-electron chi connectivity index (χ2n) is 13.2. The zero-order valence-corrected chi connectivity index (χ0v) is 30.8. The molecule has 6 rings (SSSR count). The molecule has 0 amide bonds. The van der Waals surface area contributed by atoms with Gasteiger partial charge in [0, 0.05) is 12.1 Å². The normalized spacial score (nSPS) is 12.7. The minimum absolute atomic E-state index is 0.00638. The number of nitrogens with one attached hydrogen (secondary N) is 1. The van der Waals surface area contributed by atoms with Crippen molar-refractivity contribution < 1.29 is 0 Å². The third-order valence-corrected chi connectivity index (χ3v) is 9.66. The van der Waals surface area contributed by atoms with Crippen LogP contribution in [0.5, 0.6) is 0 Å². The molecule has 1 N–H and O–H groups in total. The number of benzene rings is 5. The van der Waals surface area contributed by atoms with Crippen LogP contribution in [-0.4, -0.2) is 0 Å². The lowest BCUT2D eigenvalue weighted by atomic mass is 9.78. The molecule has 0 radical (unpaired) electrons. The molecule has 0 fully saturated rings. The minimum Gasteiger partial charge on any atom is -0.304 e. The molecule has 0 saturated carbocycles. The molecule has 2 atom stereocenters. The molecule has 0 aromatic heterocycles. The highest BCUT2D eigenvalue weighted by Gasteiger charge is 2.26. The van der Waals surface area contributed by atoms with Crippen molar-refractivity contribution in [2.24, 2.45) is 0 Å². The Balaban J connectivity index is 1.62. The summed E-state index contributed by atoms with van der Waals surface area (Å²) in [6, 6.07) is 63.2. The standard InChI is InChI=1S/C51H49N/c1-5-7-25-40(6-2)50-48(43-30-21-13-22-31-43)37-47(42-28-19-12-20-29-42)49(51(50)44-32-23-14-24-33-44)39(4)52-38(3)45-34-15-9-8-10-16-35-46(36-45)41-26-17-11-18-27-41/h5,7-39,52H,6H2,1-4H3/b7-5-,9-8?,10-8?,15-9?,16-10?,34-15?,35-16?,40-25+,45-34?,45-36?,46-35?,46-36?/t38-,39?/m1/s1. The van der Waals surface area contributed by atoms with Crippen LogP contribution in [0, 0.1) is 0 Å². The first-order valence-corrected chi connectivity index (χ1v) is 18.5. The Kier molecular flexibility index (Phi) is 12.4. The van der Waals surface area contributed by atoms with Crippen LogP contribution in [0.15, 0.2) is 194 Å². The summed E-state index contributed by atoms with van der Waals surface area (Å²) in [4.78, 5) is 0. The summed E-state index contributed by atoms with van der Waals surface area (Å²) in [7, 11) is 0. The highest BCUT2D eigenvalue weighted by molar-refractivity contribution is 5.97. The van der Waals surface area contributed by atoms with Gasteiger partial charge in [0.2, 0.25) is 0 Å². The quantitative estimate of drug-likeness (QED) is 0.135. The fraction of sp³-hybridized carbons (Fsp3) is 0.137. The van der Waals surface area contributed by atoms with Crippen molar-refractivity contribution in [1.82, 2.24) is 5.32 Å². The van der Waals surface area contributed by atoms with E-state index in [1.54, 1.807) is 0 Å². The van der Waals surface area contributed by atoms with Crippen molar-refractivity contribution >= 4 is 5.57 Å². The van der Waals surface area contributed by atoms with Gasteiger partial charge in [-0.3, -0.25) is 0 Å². The first-order chi connectivity index (χ1) is 25.6. The van der Waals surface area contributed by atoms with Gasteiger partial charge in [-0.2, -0.15) is 0 Å². The molecule has 0 aliphatic heterocycles. The molecule has 0 bridgehead atoms. The second-order valence-corrected chi connectivity index (χ2v) is 13.2. The zero-order chi connectivity index (χ0) is 36.1. The van der Waals surface area contributed by atoms with Gasteiger partial charge in [0.25, 0.3) is 0 Å². The summed E-state index contributed by atoms with van der Waals surface area (Å²) in [5.74, 6) is 0. The lowest BCUT2D eigenvalue weighted by Gasteiger charge is -2.30. The Labute approximate surface area is 311 Å².